The van der Waals surface area contributed by atoms with E-state index >= 15 is 0 Å². The van der Waals surface area contributed by atoms with Crippen LogP contribution in [0.15, 0.2) is 107 Å². The number of benzene rings is 4. The van der Waals surface area contributed by atoms with Gasteiger partial charge in [0.1, 0.15) is 43.2 Å². The Labute approximate surface area is 373 Å². The predicted molar refractivity (Wildman–Crippen MR) is 229 cm³/mol. The molecule has 0 aromatic heterocycles. The van der Waals surface area contributed by atoms with E-state index in [0.29, 0.717) is 47.0 Å². The van der Waals surface area contributed by atoms with Gasteiger partial charge in [-0.15, -0.1) is 0 Å². The standard InChI is InChI=1S/2C23H32O4S.Ca/c2*1-2-3-4-5-6-7-8-9-11-14-20-17-18-22(19-23(20)28(24,25)26)27-21-15-12-10-13-16-21;/h2*10,12-13,15-19H,2-9,11,14H2,1H3,(H,24,25,26);/q;;+2/p-2. The summed E-state index contributed by atoms with van der Waals surface area (Å²) in [5.74, 6) is 1.92. The Hall–Kier alpha value is -2.44. The maximum absolute atomic E-state index is 11.7. The fourth-order valence-electron chi connectivity index (χ4n) is 6.58. The van der Waals surface area contributed by atoms with Gasteiger partial charge < -0.3 is 18.6 Å². The molecule has 0 heterocycles. The van der Waals surface area contributed by atoms with Crippen LogP contribution in [0.5, 0.6) is 23.0 Å². The average molecular weight is 847 g/mol. The van der Waals surface area contributed by atoms with Crippen LogP contribution in [0, 0.1) is 0 Å². The number of ether oxygens (including phenoxy) is 2. The molecule has 0 atom stereocenters. The van der Waals surface area contributed by atoms with Crippen molar-refractivity contribution in [1.29, 1.82) is 0 Å². The Kier molecular flexibility index (Phi) is 25.7. The van der Waals surface area contributed by atoms with Gasteiger partial charge in [-0.1, -0.05) is 165 Å². The van der Waals surface area contributed by atoms with Gasteiger partial charge in [-0.3, -0.25) is 0 Å². The van der Waals surface area contributed by atoms with Gasteiger partial charge in [0.2, 0.25) is 0 Å². The van der Waals surface area contributed by atoms with Crippen LogP contribution in [-0.2, 0) is 33.1 Å². The SMILES string of the molecule is CCCCCCCCCCCc1ccc(Oc2ccccc2)cc1S(=O)(=O)[O-].CCCCCCCCCCCc1ccc(Oc2ccccc2)cc1S(=O)(=O)[O-].[Ca+2]. The molecule has 0 amide bonds. The molecule has 0 aliphatic carbocycles. The van der Waals surface area contributed by atoms with E-state index in [1.54, 1.807) is 48.5 Å². The quantitative estimate of drug-likeness (QED) is 0.0346. The van der Waals surface area contributed by atoms with E-state index in [1.807, 2.05) is 36.4 Å². The Morgan fingerprint density at radius 3 is 1.00 bits per heavy atom. The zero-order valence-electron chi connectivity index (χ0n) is 34.2. The van der Waals surface area contributed by atoms with Crippen molar-refractivity contribution < 1.29 is 35.4 Å². The van der Waals surface area contributed by atoms with Gasteiger partial charge in [-0.2, -0.15) is 0 Å². The van der Waals surface area contributed by atoms with E-state index in [-0.39, 0.29) is 47.5 Å². The largest absolute Gasteiger partial charge is 2.00 e. The molecule has 0 saturated heterocycles. The first-order chi connectivity index (χ1) is 27.0. The van der Waals surface area contributed by atoms with Crippen molar-refractivity contribution in [2.75, 3.05) is 0 Å². The molecule has 0 bridgehead atoms. The third-order valence-corrected chi connectivity index (χ3v) is 11.5. The van der Waals surface area contributed by atoms with Crippen LogP contribution in [0.1, 0.15) is 141 Å². The molecule has 0 aliphatic rings. The van der Waals surface area contributed by atoms with Crippen molar-refractivity contribution in [3.8, 4) is 23.0 Å². The third-order valence-electron chi connectivity index (χ3n) is 9.67. The van der Waals surface area contributed by atoms with Crippen molar-refractivity contribution in [2.24, 2.45) is 0 Å². The second-order valence-electron chi connectivity index (χ2n) is 14.4. The fraction of sp³-hybridized carbons (Fsp3) is 0.478. The second-order valence-corrected chi connectivity index (χ2v) is 17.1. The molecular weight excluding hydrogens is 785 g/mol. The first-order valence-corrected chi connectivity index (χ1v) is 23.5. The van der Waals surface area contributed by atoms with Gasteiger partial charge >= 0.3 is 37.7 Å². The Morgan fingerprint density at radius 2 is 0.702 bits per heavy atom. The number of hydrogen-bond acceptors (Lipinski definition) is 8. The summed E-state index contributed by atoms with van der Waals surface area (Å²) in [6.07, 6.45) is 22.8. The summed E-state index contributed by atoms with van der Waals surface area (Å²) in [7, 11) is -9.08. The van der Waals surface area contributed by atoms with Crippen LogP contribution >= 0.6 is 0 Å². The topological polar surface area (TPSA) is 133 Å². The molecule has 0 N–H and O–H groups in total. The zero-order chi connectivity index (χ0) is 40.5. The van der Waals surface area contributed by atoms with Gasteiger partial charge in [-0.25, -0.2) is 16.8 Å². The van der Waals surface area contributed by atoms with Crippen molar-refractivity contribution in [1.82, 2.24) is 0 Å². The monoisotopic (exact) mass is 846 g/mol. The van der Waals surface area contributed by atoms with E-state index < -0.39 is 20.2 Å². The minimum Gasteiger partial charge on any atom is -0.744 e. The Morgan fingerprint density at radius 1 is 0.404 bits per heavy atom. The Balaban J connectivity index is 0.000000387. The van der Waals surface area contributed by atoms with Crippen LogP contribution < -0.4 is 9.47 Å². The summed E-state index contributed by atoms with van der Waals surface area (Å²) in [5.41, 5.74) is 1.16. The Bertz CT molecular complexity index is 1750. The van der Waals surface area contributed by atoms with E-state index in [4.69, 9.17) is 9.47 Å². The second kappa shape index (κ2) is 28.9. The molecule has 308 valence electrons. The molecule has 0 spiro atoms. The first kappa shape index (κ1) is 50.7. The van der Waals surface area contributed by atoms with Crippen molar-refractivity contribution in [3.63, 3.8) is 0 Å². The molecule has 4 aromatic rings. The van der Waals surface area contributed by atoms with Gasteiger partial charge in [0.05, 0.1) is 9.79 Å². The number of hydrogen-bond donors (Lipinski definition) is 0. The summed E-state index contributed by atoms with van der Waals surface area (Å²) in [6, 6.07) is 27.7. The summed E-state index contributed by atoms with van der Waals surface area (Å²) in [5, 5.41) is 0. The van der Waals surface area contributed by atoms with Gasteiger partial charge in [0, 0.05) is 0 Å². The fourth-order valence-corrected chi connectivity index (χ4v) is 8.08. The molecule has 11 heteroatoms. The third kappa shape index (κ3) is 21.4. The van der Waals surface area contributed by atoms with Gasteiger partial charge in [0.25, 0.3) is 0 Å². The van der Waals surface area contributed by atoms with E-state index in [0.717, 1.165) is 38.5 Å². The normalized spacial score (nSPS) is 11.3. The number of unbranched alkanes of at least 4 members (excludes halogenated alkanes) is 16. The summed E-state index contributed by atoms with van der Waals surface area (Å²) in [4.78, 5) is -0.332. The van der Waals surface area contributed by atoms with Crippen molar-refractivity contribution in [3.05, 3.63) is 108 Å². The first-order valence-electron chi connectivity index (χ1n) is 20.6. The molecule has 4 rings (SSSR count). The van der Waals surface area contributed by atoms with Crippen LogP contribution in [0.2, 0.25) is 0 Å². The molecule has 0 radical (unpaired) electrons. The molecule has 0 aliphatic heterocycles. The summed E-state index contributed by atoms with van der Waals surface area (Å²) in [6.45, 7) is 4.44. The van der Waals surface area contributed by atoms with Gasteiger partial charge in [0.15, 0.2) is 0 Å². The molecule has 4 aromatic carbocycles. The minimum absolute atomic E-state index is 0. The van der Waals surface area contributed by atoms with Gasteiger partial charge in [-0.05, 0) is 85.3 Å². The van der Waals surface area contributed by atoms with Crippen molar-refractivity contribution in [2.45, 2.75) is 152 Å². The minimum atomic E-state index is -4.54. The van der Waals surface area contributed by atoms with Crippen LogP contribution in [0.4, 0.5) is 0 Å². The van der Waals surface area contributed by atoms with Crippen molar-refractivity contribution >= 4 is 58.0 Å². The molecule has 0 saturated carbocycles. The molecule has 8 nitrogen and oxygen atoms in total. The average Bonchev–Trinajstić information content (AvgIpc) is 3.18. The summed E-state index contributed by atoms with van der Waals surface area (Å²) < 4.78 is 81.6. The maximum atomic E-state index is 11.7. The zero-order valence-corrected chi connectivity index (χ0v) is 38.0. The van der Waals surface area contributed by atoms with E-state index in [9.17, 15) is 25.9 Å². The molecule has 0 fully saturated rings. The van der Waals surface area contributed by atoms with Crippen LogP contribution in [-0.4, -0.2) is 63.7 Å². The van der Waals surface area contributed by atoms with E-state index in [2.05, 4.69) is 13.8 Å². The number of para-hydroxylation sites is 2. The molecular formula is C46H62CaO8S2. The predicted octanol–water partition coefficient (Wildman–Crippen LogP) is 12.5. The summed E-state index contributed by atoms with van der Waals surface area (Å²) >= 11 is 0. The van der Waals surface area contributed by atoms with Crippen LogP contribution in [0.3, 0.4) is 0 Å². The van der Waals surface area contributed by atoms with E-state index in [1.165, 1.54) is 89.2 Å². The molecule has 0 unspecified atom stereocenters. The number of rotatable bonds is 26. The maximum Gasteiger partial charge on any atom is 2.00 e. The smallest absolute Gasteiger partial charge is 0.744 e. The number of aryl methyl sites for hydroxylation is 2. The van der Waals surface area contributed by atoms with Crippen LogP contribution in [0.25, 0.3) is 0 Å². The molecule has 57 heavy (non-hydrogen) atoms.